The number of anilines is 1. The molecule has 0 bridgehead atoms. The Morgan fingerprint density at radius 1 is 1.35 bits per heavy atom. The minimum Gasteiger partial charge on any atom is -0.384 e. The summed E-state index contributed by atoms with van der Waals surface area (Å²) in [6, 6.07) is 6.01. The Hall–Kier alpha value is -1.82. The van der Waals surface area contributed by atoms with Crippen LogP contribution in [0.25, 0.3) is 22.0 Å². The van der Waals surface area contributed by atoms with Crippen molar-refractivity contribution in [3.8, 4) is 11.1 Å². The molecule has 0 unspecified atom stereocenters. The molecule has 17 heavy (non-hydrogen) atoms. The van der Waals surface area contributed by atoms with E-state index in [1.165, 1.54) is 0 Å². The first kappa shape index (κ1) is 10.3. The average Bonchev–Trinajstić information content (AvgIpc) is 2.85. The molecule has 0 aliphatic heterocycles. The van der Waals surface area contributed by atoms with E-state index in [0.717, 1.165) is 26.6 Å². The highest BCUT2D eigenvalue weighted by atomic mass is 79.9. The number of hydrogen-bond acceptors (Lipinski definition) is 3. The zero-order valence-electron chi connectivity index (χ0n) is 9.11. The van der Waals surface area contributed by atoms with E-state index in [2.05, 4.69) is 31.2 Å². The van der Waals surface area contributed by atoms with Gasteiger partial charge in [0.15, 0.2) is 0 Å². The fourth-order valence-electron chi connectivity index (χ4n) is 2.00. The minimum absolute atomic E-state index is 0.563. The smallest absolute Gasteiger partial charge is 0.136 e. The van der Waals surface area contributed by atoms with E-state index < -0.39 is 0 Å². The Labute approximate surface area is 106 Å². The number of benzene rings is 1. The third-order valence-electron chi connectivity index (χ3n) is 2.79. The van der Waals surface area contributed by atoms with Crippen LogP contribution in [-0.2, 0) is 7.05 Å². The second-order valence-electron chi connectivity index (χ2n) is 3.81. The number of fused-ring (bicyclic) bond motifs is 1. The number of halogens is 1. The molecule has 0 amide bonds. The Bertz CT molecular complexity index is 697. The Balaban J connectivity index is 2.42. The minimum atomic E-state index is 0.563. The third kappa shape index (κ3) is 1.44. The van der Waals surface area contributed by atoms with E-state index in [0.29, 0.717) is 5.82 Å². The molecule has 2 aromatic heterocycles. The number of aromatic nitrogens is 4. The molecule has 0 aliphatic carbocycles. The van der Waals surface area contributed by atoms with Crippen LogP contribution in [0.2, 0.25) is 0 Å². The first-order valence-corrected chi connectivity index (χ1v) is 5.88. The zero-order chi connectivity index (χ0) is 12.0. The highest BCUT2D eigenvalue weighted by molar-refractivity contribution is 9.10. The second-order valence-corrected chi connectivity index (χ2v) is 4.56. The molecule has 0 saturated heterocycles. The molecule has 0 atom stereocenters. The summed E-state index contributed by atoms with van der Waals surface area (Å²) < 4.78 is 2.64. The summed E-state index contributed by atoms with van der Waals surface area (Å²) in [4.78, 5) is 0. The average molecular weight is 292 g/mol. The summed E-state index contributed by atoms with van der Waals surface area (Å²) in [5, 5.41) is 12.1. The number of nitrogens with two attached hydrogens (primary N) is 1. The molecule has 0 spiro atoms. The predicted octanol–water partition coefficient (Wildman–Crippen LogP) is 2.31. The van der Waals surface area contributed by atoms with Gasteiger partial charge in [-0.05, 0) is 27.6 Å². The molecular weight excluding hydrogens is 282 g/mol. The number of aromatic amines is 1. The van der Waals surface area contributed by atoms with Gasteiger partial charge in [-0.2, -0.15) is 10.2 Å². The summed E-state index contributed by atoms with van der Waals surface area (Å²) in [5.41, 5.74) is 8.83. The van der Waals surface area contributed by atoms with Crippen molar-refractivity contribution >= 4 is 32.7 Å². The second kappa shape index (κ2) is 3.59. The molecule has 2 heterocycles. The van der Waals surface area contributed by atoms with Crippen LogP contribution in [0.1, 0.15) is 0 Å². The molecule has 3 aromatic rings. The standard InChI is InChI=1S/C11H10BrN5/c1-17-8-4-2-3-6(9(8)10(12)16-17)7-5-14-15-11(7)13/h2-5H,1H3,(H3,13,14,15). The summed E-state index contributed by atoms with van der Waals surface area (Å²) in [6.45, 7) is 0. The maximum atomic E-state index is 5.86. The van der Waals surface area contributed by atoms with Crippen LogP contribution in [0.3, 0.4) is 0 Å². The molecule has 1 aromatic carbocycles. The molecular formula is C11H10BrN5. The number of aryl methyl sites for hydroxylation is 1. The van der Waals surface area contributed by atoms with Crippen LogP contribution in [-0.4, -0.2) is 20.0 Å². The van der Waals surface area contributed by atoms with Gasteiger partial charge >= 0.3 is 0 Å². The fourth-order valence-corrected chi connectivity index (χ4v) is 2.65. The molecule has 0 radical (unpaired) electrons. The van der Waals surface area contributed by atoms with Crippen LogP contribution < -0.4 is 5.73 Å². The maximum absolute atomic E-state index is 5.86. The van der Waals surface area contributed by atoms with Gasteiger partial charge in [0.2, 0.25) is 0 Å². The highest BCUT2D eigenvalue weighted by Gasteiger charge is 2.14. The normalized spacial score (nSPS) is 11.2. The van der Waals surface area contributed by atoms with E-state index in [-0.39, 0.29) is 0 Å². The first-order chi connectivity index (χ1) is 8.18. The SMILES string of the molecule is Cn1nc(Br)c2c(-c3cn[nH]c3N)cccc21. The van der Waals surface area contributed by atoms with Crippen LogP contribution in [0.15, 0.2) is 29.0 Å². The first-order valence-electron chi connectivity index (χ1n) is 5.09. The number of nitrogens with zero attached hydrogens (tertiary/aromatic N) is 3. The maximum Gasteiger partial charge on any atom is 0.136 e. The van der Waals surface area contributed by atoms with Gasteiger partial charge in [0.25, 0.3) is 0 Å². The van der Waals surface area contributed by atoms with E-state index in [9.17, 15) is 0 Å². The number of rotatable bonds is 1. The van der Waals surface area contributed by atoms with Crippen molar-refractivity contribution in [3.63, 3.8) is 0 Å². The summed E-state index contributed by atoms with van der Waals surface area (Å²) in [5.74, 6) is 0.563. The van der Waals surface area contributed by atoms with Gasteiger partial charge in [0.05, 0.1) is 11.7 Å². The summed E-state index contributed by atoms with van der Waals surface area (Å²) in [6.07, 6.45) is 1.73. The number of nitrogen functional groups attached to an aromatic ring is 1. The van der Waals surface area contributed by atoms with Crippen LogP contribution in [0, 0.1) is 0 Å². The van der Waals surface area contributed by atoms with Crippen LogP contribution >= 0.6 is 15.9 Å². The quantitative estimate of drug-likeness (QED) is 0.723. The lowest BCUT2D eigenvalue weighted by Gasteiger charge is -2.02. The van der Waals surface area contributed by atoms with Crippen molar-refractivity contribution in [2.45, 2.75) is 0 Å². The fraction of sp³-hybridized carbons (Fsp3) is 0.0909. The topological polar surface area (TPSA) is 72.5 Å². The monoisotopic (exact) mass is 291 g/mol. The lowest BCUT2D eigenvalue weighted by Crippen LogP contribution is -1.90. The van der Waals surface area contributed by atoms with Crippen molar-refractivity contribution < 1.29 is 0 Å². The van der Waals surface area contributed by atoms with E-state index >= 15 is 0 Å². The highest BCUT2D eigenvalue weighted by Crippen LogP contribution is 2.35. The van der Waals surface area contributed by atoms with E-state index in [4.69, 9.17) is 5.73 Å². The summed E-state index contributed by atoms with van der Waals surface area (Å²) in [7, 11) is 1.91. The van der Waals surface area contributed by atoms with Gasteiger partial charge in [0, 0.05) is 18.0 Å². The molecule has 3 rings (SSSR count). The number of nitrogens with one attached hydrogen (secondary N) is 1. The predicted molar refractivity (Wildman–Crippen MR) is 70.4 cm³/mol. The van der Waals surface area contributed by atoms with Gasteiger partial charge in [-0.1, -0.05) is 12.1 Å². The van der Waals surface area contributed by atoms with Crippen molar-refractivity contribution in [1.82, 2.24) is 20.0 Å². The largest absolute Gasteiger partial charge is 0.384 e. The molecule has 0 fully saturated rings. The zero-order valence-corrected chi connectivity index (χ0v) is 10.7. The van der Waals surface area contributed by atoms with Crippen molar-refractivity contribution in [2.75, 3.05) is 5.73 Å². The van der Waals surface area contributed by atoms with E-state index in [1.807, 2.05) is 29.9 Å². The third-order valence-corrected chi connectivity index (χ3v) is 3.35. The van der Waals surface area contributed by atoms with Gasteiger partial charge < -0.3 is 5.73 Å². The van der Waals surface area contributed by atoms with Crippen molar-refractivity contribution in [1.29, 1.82) is 0 Å². The van der Waals surface area contributed by atoms with Gasteiger partial charge in [-0.15, -0.1) is 0 Å². The Morgan fingerprint density at radius 2 is 2.18 bits per heavy atom. The van der Waals surface area contributed by atoms with Crippen LogP contribution in [0.5, 0.6) is 0 Å². The van der Waals surface area contributed by atoms with Crippen molar-refractivity contribution in [2.24, 2.45) is 7.05 Å². The molecule has 5 nitrogen and oxygen atoms in total. The van der Waals surface area contributed by atoms with Gasteiger partial charge in [-0.25, -0.2) is 0 Å². The molecule has 3 N–H and O–H groups in total. The Morgan fingerprint density at radius 3 is 2.88 bits per heavy atom. The van der Waals surface area contributed by atoms with Gasteiger partial charge in [-0.3, -0.25) is 9.78 Å². The Kier molecular flexibility index (Phi) is 2.19. The van der Waals surface area contributed by atoms with Gasteiger partial charge in [0.1, 0.15) is 10.4 Å². The molecule has 0 aliphatic rings. The molecule has 6 heteroatoms. The number of hydrogen-bond donors (Lipinski definition) is 2. The molecule has 86 valence electrons. The van der Waals surface area contributed by atoms with E-state index in [1.54, 1.807) is 6.20 Å². The van der Waals surface area contributed by atoms with Crippen LogP contribution in [0.4, 0.5) is 5.82 Å². The number of H-pyrrole nitrogens is 1. The lowest BCUT2D eigenvalue weighted by molar-refractivity contribution is 0.788. The summed E-state index contributed by atoms with van der Waals surface area (Å²) >= 11 is 3.48. The van der Waals surface area contributed by atoms with Crippen molar-refractivity contribution in [3.05, 3.63) is 29.0 Å². The lowest BCUT2D eigenvalue weighted by atomic mass is 10.0. The molecule has 0 saturated carbocycles.